The summed E-state index contributed by atoms with van der Waals surface area (Å²) in [5, 5.41) is 7.14. The minimum absolute atomic E-state index is 0. The lowest BCUT2D eigenvalue weighted by atomic mass is 10.2. The van der Waals surface area contributed by atoms with Crippen molar-refractivity contribution < 1.29 is 9.47 Å². The van der Waals surface area contributed by atoms with Crippen LogP contribution in [0, 0.1) is 0 Å². The molecule has 23 heavy (non-hydrogen) atoms. The molecule has 0 amide bonds. The van der Waals surface area contributed by atoms with Gasteiger partial charge in [0.1, 0.15) is 11.5 Å². The van der Waals surface area contributed by atoms with Crippen molar-refractivity contribution in [3.63, 3.8) is 0 Å². The van der Waals surface area contributed by atoms with Gasteiger partial charge < -0.3 is 20.5 Å². The van der Waals surface area contributed by atoms with Crippen LogP contribution in [0.15, 0.2) is 35.6 Å². The summed E-state index contributed by atoms with van der Waals surface area (Å²) in [4.78, 5) is 4.30. The standard InChI is InChI=1S/C15H21N5O2.HI/c1-20-10-11(9-18-20)6-7-17-15(16)19-13-8-12(21-2)4-5-14(13)22-3;/h4-5,8-10H,6-7H2,1-3H3,(H3,16,17,19);1H. The first-order chi connectivity index (χ1) is 10.6. The molecule has 0 unspecified atom stereocenters. The second-order valence-corrected chi connectivity index (χ2v) is 4.73. The Morgan fingerprint density at radius 3 is 2.74 bits per heavy atom. The molecule has 0 saturated carbocycles. The van der Waals surface area contributed by atoms with Gasteiger partial charge in [0.2, 0.25) is 0 Å². The van der Waals surface area contributed by atoms with Gasteiger partial charge in [-0.2, -0.15) is 5.10 Å². The zero-order chi connectivity index (χ0) is 15.9. The van der Waals surface area contributed by atoms with Crippen LogP contribution in [0.3, 0.4) is 0 Å². The molecule has 0 fully saturated rings. The van der Waals surface area contributed by atoms with Crippen molar-refractivity contribution >= 4 is 35.6 Å². The van der Waals surface area contributed by atoms with Crippen molar-refractivity contribution in [2.24, 2.45) is 17.8 Å². The average Bonchev–Trinajstić information content (AvgIpc) is 2.92. The number of methoxy groups -OCH3 is 2. The number of rotatable bonds is 6. The predicted molar refractivity (Wildman–Crippen MR) is 102 cm³/mol. The van der Waals surface area contributed by atoms with Gasteiger partial charge in [0.25, 0.3) is 0 Å². The number of benzene rings is 1. The van der Waals surface area contributed by atoms with Gasteiger partial charge in [0.15, 0.2) is 5.96 Å². The maximum atomic E-state index is 5.91. The molecular formula is C15H22IN5O2. The molecule has 1 aromatic carbocycles. The summed E-state index contributed by atoms with van der Waals surface area (Å²) in [6, 6.07) is 5.44. The van der Waals surface area contributed by atoms with Crippen molar-refractivity contribution in [3.05, 3.63) is 36.2 Å². The van der Waals surface area contributed by atoms with E-state index in [2.05, 4.69) is 15.4 Å². The van der Waals surface area contributed by atoms with E-state index in [1.54, 1.807) is 18.9 Å². The first-order valence-corrected chi connectivity index (χ1v) is 6.89. The zero-order valence-corrected chi connectivity index (χ0v) is 15.8. The van der Waals surface area contributed by atoms with Crippen LogP contribution in [0.5, 0.6) is 11.5 Å². The quantitative estimate of drug-likeness (QED) is 0.415. The molecule has 0 saturated heterocycles. The Labute approximate surface area is 152 Å². The minimum Gasteiger partial charge on any atom is -0.497 e. The first-order valence-electron chi connectivity index (χ1n) is 6.89. The van der Waals surface area contributed by atoms with E-state index < -0.39 is 0 Å². The molecule has 1 aromatic heterocycles. The average molecular weight is 431 g/mol. The van der Waals surface area contributed by atoms with Gasteiger partial charge in [0.05, 0.1) is 26.1 Å². The maximum Gasteiger partial charge on any atom is 0.193 e. The lowest BCUT2D eigenvalue weighted by molar-refractivity contribution is 0.405. The van der Waals surface area contributed by atoms with Crippen molar-refractivity contribution in [3.8, 4) is 11.5 Å². The third-order valence-corrected chi connectivity index (χ3v) is 3.11. The molecule has 0 radical (unpaired) electrons. The van der Waals surface area contributed by atoms with Crippen molar-refractivity contribution in [2.45, 2.75) is 6.42 Å². The van der Waals surface area contributed by atoms with Gasteiger partial charge in [-0.25, -0.2) is 0 Å². The molecule has 0 atom stereocenters. The number of aryl methyl sites for hydroxylation is 1. The molecule has 2 aromatic rings. The number of aliphatic imine (C=N–C) groups is 1. The predicted octanol–water partition coefficient (Wildman–Crippen LogP) is 2.02. The first kappa shape index (κ1) is 19.1. The maximum absolute atomic E-state index is 5.91. The van der Waals surface area contributed by atoms with Gasteiger partial charge in [0, 0.05) is 25.9 Å². The number of nitrogens with one attached hydrogen (secondary N) is 1. The van der Waals surface area contributed by atoms with Crippen LogP contribution in [-0.4, -0.2) is 36.5 Å². The third kappa shape index (κ3) is 5.62. The van der Waals surface area contributed by atoms with Gasteiger partial charge in [-0.05, 0) is 24.1 Å². The molecule has 1 heterocycles. The number of nitrogens with zero attached hydrogens (tertiary/aromatic N) is 3. The fourth-order valence-electron chi connectivity index (χ4n) is 2.00. The van der Waals surface area contributed by atoms with Gasteiger partial charge in [-0.3, -0.25) is 9.67 Å². The normalized spacial score (nSPS) is 10.8. The van der Waals surface area contributed by atoms with E-state index in [0.29, 0.717) is 29.7 Å². The molecule has 0 bridgehead atoms. The number of anilines is 1. The van der Waals surface area contributed by atoms with E-state index in [4.69, 9.17) is 15.2 Å². The Balaban J connectivity index is 0.00000264. The van der Waals surface area contributed by atoms with Crippen LogP contribution in [0.2, 0.25) is 0 Å². The highest BCUT2D eigenvalue weighted by Crippen LogP contribution is 2.28. The molecule has 0 aliphatic heterocycles. The van der Waals surface area contributed by atoms with Crippen LogP contribution in [-0.2, 0) is 13.5 Å². The van der Waals surface area contributed by atoms with Crippen LogP contribution in [0.1, 0.15) is 5.56 Å². The summed E-state index contributed by atoms with van der Waals surface area (Å²) in [5.74, 6) is 1.72. The van der Waals surface area contributed by atoms with Gasteiger partial charge in [-0.1, -0.05) is 0 Å². The topological polar surface area (TPSA) is 86.7 Å². The monoisotopic (exact) mass is 431 g/mol. The van der Waals surface area contributed by atoms with E-state index in [9.17, 15) is 0 Å². The number of halogens is 1. The van der Waals surface area contributed by atoms with E-state index in [1.807, 2.05) is 37.6 Å². The van der Waals surface area contributed by atoms with Crippen LogP contribution < -0.4 is 20.5 Å². The Kier molecular flexibility index (Phi) is 7.66. The van der Waals surface area contributed by atoms with Crippen molar-refractivity contribution in [2.75, 3.05) is 26.1 Å². The second-order valence-electron chi connectivity index (χ2n) is 4.73. The number of guanidine groups is 1. The van der Waals surface area contributed by atoms with Crippen LogP contribution in [0.25, 0.3) is 0 Å². The fourth-order valence-corrected chi connectivity index (χ4v) is 2.00. The largest absolute Gasteiger partial charge is 0.497 e. The highest BCUT2D eigenvalue weighted by molar-refractivity contribution is 14.0. The van der Waals surface area contributed by atoms with E-state index in [0.717, 1.165) is 12.0 Å². The summed E-state index contributed by atoms with van der Waals surface area (Å²) < 4.78 is 12.2. The van der Waals surface area contributed by atoms with E-state index >= 15 is 0 Å². The fraction of sp³-hybridized carbons (Fsp3) is 0.333. The summed E-state index contributed by atoms with van der Waals surface area (Å²) >= 11 is 0. The number of hydrogen-bond donors (Lipinski definition) is 2. The highest BCUT2D eigenvalue weighted by atomic mass is 127. The number of aromatic nitrogens is 2. The summed E-state index contributed by atoms with van der Waals surface area (Å²) in [5.41, 5.74) is 7.75. The number of nitrogens with two attached hydrogens (primary N) is 1. The molecule has 126 valence electrons. The highest BCUT2D eigenvalue weighted by Gasteiger charge is 2.06. The third-order valence-electron chi connectivity index (χ3n) is 3.11. The smallest absolute Gasteiger partial charge is 0.193 e. The van der Waals surface area contributed by atoms with Crippen molar-refractivity contribution in [1.29, 1.82) is 0 Å². The van der Waals surface area contributed by atoms with Crippen LogP contribution >= 0.6 is 24.0 Å². The molecule has 3 N–H and O–H groups in total. The summed E-state index contributed by atoms with van der Waals surface area (Å²) in [6.07, 6.45) is 4.57. The molecule has 0 spiro atoms. The Bertz CT molecular complexity index is 657. The molecule has 2 rings (SSSR count). The molecule has 7 nitrogen and oxygen atoms in total. The molecular weight excluding hydrogens is 409 g/mol. The summed E-state index contributed by atoms with van der Waals surface area (Å²) in [7, 11) is 5.09. The molecule has 0 aliphatic rings. The van der Waals surface area contributed by atoms with E-state index in [1.165, 1.54) is 0 Å². The van der Waals surface area contributed by atoms with E-state index in [-0.39, 0.29) is 24.0 Å². The number of ether oxygens (including phenoxy) is 2. The molecule has 8 heteroatoms. The lowest BCUT2D eigenvalue weighted by Gasteiger charge is -2.12. The Morgan fingerprint density at radius 1 is 1.35 bits per heavy atom. The zero-order valence-electron chi connectivity index (χ0n) is 13.4. The van der Waals surface area contributed by atoms with Crippen LogP contribution in [0.4, 0.5) is 5.69 Å². The lowest BCUT2D eigenvalue weighted by Crippen LogP contribution is -2.23. The Morgan fingerprint density at radius 2 is 2.13 bits per heavy atom. The molecule has 0 aliphatic carbocycles. The van der Waals surface area contributed by atoms with Crippen molar-refractivity contribution in [1.82, 2.24) is 9.78 Å². The SMILES string of the molecule is COc1ccc(OC)c(NC(N)=NCCc2cnn(C)c2)c1.I. The van der Waals surface area contributed by atoms with Gasteiger partial charge in [-0.15, -0.1) is 24.0 Å². The Hall–Kier alpha value is -1.97. The minimum atomic E-state index is 0. The summed E-state index contributed by atoms with van der Waals surface area (Å²) in [6.45, 7) is 0.580. The second kappa shape index (κ2) is 9.23. The van der Waals surface area contributed by atoms with Gasteiger partial charge >= 0.3 is 0 Å². The number of hydrogen-bond acceptors (Lipinski definition) is 4.